The maximum absolute atomic E-state index is 11.2. The molecule has 0 aromatic rings. The molecule has 0 saturated carbocycles. The fourth-order valence-corrected chi connectivity index (χ4v) is 0.677. The maximum atomic E-state index is 11.2. The van der Waals surface area contributed by atoms with Crippen molar-refractivity contribution in [2.75, 3.05) is 13.1 Å². The van der Waals surface area contributed by atoms with Crippen LogP contribution in [0.3, 0.4) is 0 Å². The molecule has 0 aromatic heterocycles. The zero-order valence-electron chi connectivity index (χ0n) is 7.98. The Kier molecular flexibility index (Phi) is 4.66. The van der Waals surface area contributed by atoms with Gasteiger partial charge in [-0.15, -0.1) is 12.8 Å². The van der Waals surface area contributed by atoms with E-state index in [0.29, 0.717) is 6.54 Å². The first-order chi connectivity index (χ1) is 6.02. The van der Waals surface area contributed by atoms with Crippen molar-refractivity contribution in [2.45, 2.75) is 19.4 Å². The topological polar surface area (TPSA) is 41.1 Å². The van der Waals surface area contributed by atoms with Gasteiger partial charge < -0.3 is 5.32 Å². The molecule has 0 aliphatic heterocycles. The Morgan fingerprint density at radius 3 is 2.54 bits per heavy atom. The lowest BCUT2D eigenvalue weighted by Gasteiger charge is -2.19. The number of terminal acetylenes is 2. The van der Waals surface area contributed by atoms with Crippen molar-refractivity contribution in [3.8, 4) is 24.7 Å². The molecule has 13 heavy (non-hydrogen) atoms. The summed E-state index contributed by atoms with van der Waals surface area (Å²) >= 11 is 0. The van der Waals surface area contributed by atoms with E-state index in [1.165, 1.54) is 0 Å². The van der Waals surface area contributed by atoms with Crippen LogP contribution in [0.2, 0.25) is 0 Å². The average molecular weight is 178 g/mol. The van der Waals surface area contributed by atoms with Crippen LogP contribution in [0, 0.1) is 24.7 Å². The lowest BCUT2D eigenvalue weighted by molar-refractivity contribution is -0.121. The second kappa shape index (κ2) is 5.24. The zero-order valence-corrected chi connectivity index (χ0v) is 7.98. The SMILES string of the molecule is C#CCNCC(=O)NC(C)(C)C#C. The first-order valence-electron chi connectivity index (χ1n) is 3.95. The highest BCUT2D eigenvalue weighted by Crippen LogP contribution is 1.97. The molecule has 0 aliphatic carbocycles. The van der Waals surface area contributed by atoms with Gasteiger partial charge in [-0.25, -0.2) is 0 Å². The standard InChI is InChI=1S/C10H14N2O/c1-5-7-11-8-9(13)12-10(3,4)6-2/h1-2,11H,7-8H2,3-4H3,(H,12,13). The molecule has 70 valence electrons. The van der Waals surface area contributed by atoms with Crippen molar-refractivity contribution in [3.63, 3.8) is 0 Å². The lowest BCUT2D eigenvalue weighted by atomic mass is 10.1. The summed E-state index contributed by atoms with van der Waals surface area (Å²) in [7, 11) is 0. The Balaban J connectivity index is 3.78. The molecule has 0 radical (unpaired) electrons. The smallest absolute Gasteiger partial charge is 0.235 e. The van der Waals surface area contributed by atoms with Crippen LogP contribution in [0.5, 0.6) is 0 Å². The van der Waals surface area contributed by atoms with E-state index in [2.05, 4.69) is 22.5 Å². The molecule has 0 aromatic carbocycles. The van der Waals surface area contributed by atoms with E-state index in [0.717, 1.165) is 0 Å². The summed E-state index contributed by atoms with van der Waals surface area (Å²) < 4.78 is 0. The summed E-state index contributed by atoms with van der Waals surface area (Å²) in [5.74, 6) is 4.68. The number of nitrogens with one attached hydrogen (secondary N) is 2. The fourth-order valence-electron chi connectivity index (χ4n) is 0.677. The number of carbonyl (C=O) groups is 1. The maximum Gasteiger partial charge on any atom is 0.235 e. The first kappa shape index (κ1) is 11.6. The second-order valence-electron chi connectivity index (χ2n) is 3.13. The van der Waals surface area contributed by atoms with Crippen molar-refractivity contribution in [1.29, 1.82) is 0 Å². The molecule has 2 N–H and O–H groups in total. The van der Waals surface area contributed by atoms with E-state index >= 15 is 0 Å². The van der Waals surface area contributed by atoms with Gasteiger partial charge in [0.05, 0.1) is 18.6 Å². The molecule has 0 fully saturated rings. The Morgan fingerprint density at radius 2 is 2.08 bits per heavy atom. The molecule has 0 bridgehead atoms. The van der Waals surface area contributed by atoms with Gasteiger partial charge in [0.2, 0.25) is 5.91 Å². The van der Waals surface area contributed by atoms with E-state index < -0.39 is 5.54 Å². The predicted molar refractivity (Wildman–Crippen MR) is 52.8 cm³/mol. The van der Waals surface area contributed by atoms with Gasteiger partial charge in [0.15, 0.2) is 0 Å². The fraction of sp³-hybridized carbons (Fsp3) is 0.500. The highest BCUT2D eigenvalue weighted by molar-refractivity contribution is 5.79. The Hall–Kier alpha value is -1.45. The number of hydrogen-bond donors (Lipinski definition) is 2. The molecular weight excluding hydrogens is 164 g/mol. The Bertz CT molecular complexity index is 255. The number of rotatable bonds is 4. The van der Waals surface area contributed by atoms with E-state index in [-0.39, 0.29) is 12.5 Å². The van der Waals surface area contributed by atoms with Crippen LogP contribution in [0.4, 0.5) is 0 Å². The molecule has 3 heteroatoms. The van der Waals surface area contributed by atoms with Crippen LogP contribution in [0.1, 0.15) is 13.8 Å². The highest BCUT2D eigenvalue weighted by atomic mass is 16.2. The molecule has 3 nitrogen and oxygen atoms in total. The quantitative estimate of drug-likeness (QED) is 0.460. The van der Waals surface area contributed by atoms with E-state index in [9.17, 15) is 4.79 Å². The van der Waals surface area contributed by atoms with Gasteiger partial charge in [-0.2, -0.15) is 0 Å². The first-order valence-corrected chi connectivity index (χ1v) is 3.95. The van der Waals surface area contributed by atoms with Crippen LogP contribution in [-0.2, 0) is 4.79 Å². The minimum Gasteiger partial charge on any atom is -0.339 e. The van der Waals surface area contributed by atoms with Crippen molar-refractivity contribution < 1.29 is 4.79 Å². The minimum absolute atomic E-state index is 0.154. The molecule has 0 unspecified atom stereocenters. The predicted octanol–water partition coefficient (Wildman–Crippen LogP) is -0.263. The van der Waals surface area contributed by atoms with Gasteiger partial charge in [-0.3, -0.25) is 10.1 Å². The van der Waals surface area contributed by atoms with Gasteiger partial charge >= 0.3 is 0 Å². The minimum atomic E-state index is -0.602. The third kappa shape index (κ3) is 5.78. The van der Waals surface area contributed by atoms with E-state index in [1.807, 2.05) is 0 Å². The number of carbonyl (C=O) groups excluding carboxylic acids is 1. The monoisotopic (exact) mass is 178 g/mol. The second-order valence-corrected chi connectivity index (χ2v) is 3.13. The normalized spacial score (nSPS) is 9.85. The molecule has 1 amide bonds. The molecule has 0 atom stereocenters. The van der Waals surface area contributed by atoms with Gasteiger partial charge in [-0.05, 0) is 13.8 Å². The van der Waals surface area contributed by atoms with Crippen LogP contribution in [-0.4, -0.2) is 24.5 Å². The van der Waals surface area contributed by atoms with Crippen LogP contribution < -0.4 is 10.6 Å². The van der Waals surface area contributed by atoms with Crippen molar-refractivity contribution in [2.24, 2.45) is 0 Å². The third-order valence-corrected chi connectivity index (χ3v) is 1.33. The molecule has 0 rings (SSSR count). The van der Waals surface area contributed by atoms with E-state index in [4.69, 9.17) is 12.8 Å². The van der Waals surface area contributed by atoms with Crippen molar-refractivity contribution in [1.82, 2.24) is 10.6 Å². The summed E-state index contributed by atoms with van der Waals surface area (Å²) in [5.41, 5.74) is -0.602. The average Bonchev–Trinajstić information content (AvgIpc) is 2.04. The van der Waals surface area contributed by atoms with Crippen LogP contribution in [0.15, 0.2) is 0 Å². The summed E-state index contributed by atoms with van der Waals surface area (Å²) in [6.07, 6.45) is 10.2. The summed E-state index contributed by atoms with van der Waals surface area (Å²) in [4.78, 5) is 11.2. The van der Waals surface area contributed by atoms with E-state index in [1.54, 1.807) is 13.8 Å². The Labute approximate surface area is 79.3 Å². The van der Waals surface area contributed by atoms with Crippen molar-refractivity contribution in [3.05, 3.63) is 0 Å². The molecule has 0 aliphatic rings. The van der Waals surface area contributed by atoms with Gasteiger partial charge in [-0.1, -0.05) is 11.8 Å². The third-order valence-electron chi connectivity index (χ3n) is 1.33. The van der Waals surface area contributed by atoms with Gasteiger partial charge in [0.25, 0.3) is 0 Å². The molecule has 0 saturated heterocycles. The molecular formula is C10H14N2O. The summed E-state index contributed by atoms with van der Waals surface area (Å²) in [6.45, 7) is 4.08. The number of hydrogen-bond acceptors (Lipinski definition) is 2. The Morgan fingerprint density at radius 1 is 1.46 bits per heavy atom. The van der Waals surface area contributed by atoms with Gasteiger partial charge in [0.1, 0.15) is 0 Å². The molecule has 0 spiro atoms. The van der Waals surface area contributed by atoms with Crippen LogP contribution in [0.25, 0.3) is 0 Å². The molecule has 0 heterocycles. The lowest BCUT2D eigenvalue weighted by Crippen LogP contribution is -2.46. The number of amides is 1. The van der Waals surface area contributed by atoms with Gasteiger partial charge in [0, 0.05) is 0 Å². The summed E-state index contributed by atoms with van der Waals surface area (Å²) in [6, 6.07) is 0. The zero-order chi connectivity index (χ0) is 10.3. The largest absolute Gasteiger partial charge is 0.339 e. The summed E-state index contributed by atoms with van der Waals surface area (Å²) in [5, 5.41) is 5.42. The van der Waals surface area contributed by atoms with Crippen LogP contribution >= 0.6 is 0 Å². The highest BCUT2D eigenvalue weighted by Gasteiger charge is 2.15. The van der Waals surface area contributed by atoms with Crippen molar-refractivity contribution >= 4 is 5.91 Å².